The molecule has 1 fully saturated rings. The summed E-state index contributed by atoms with van der Waals surface area (Å²) in [7, 11) is 1.95. The number of nitrogens with zero attached hydrogens (tertiary/aromatic N) is 4. The number of hydrogen-bond acceptors (Lipinski definition) is 4. The quantitative estimate of drug-likeness (QED) is 0.847. The average Bonchev–Trinajstić information content (AvgIpc) is 2.80. The van der Waals surface area contributed by atoms with Gasteiger partial charge in [0.1, 0.15) is 12.2 Å². The molecule has 0 radical (unpaired) electrons. The van der Waals surface area contributed by atoms with Gasteiger partial charge in [0, 0.05) is 25.1 Å². The Balaban J connectivity index is 0.000000178. The van der Waals surface area contributed by atoms with Crippen LogP contribution in [0.2, 0.25) is 0 Å². The van der Waals surface area contributed by atoms with Gasteiger partial charge in [0.2, 0.25) is 0 Å². The summed E-state index contributed by atoms with van der Waals surface area (Å²) < 4.78 is 1.94. The molecule has 1 heterocycles. The fraction of sp³-hybridized carbons (Fsp3) is 0.400. The van der Waals surface area contributed by atoms with Crippen molar-refractivity contribution in [2.45, 2.75) is 19.3 Å². The standard InChI is InChI=1S/C9H12N4.C6H7N/c1-13-6-11-12-9(13)4-7-2-8(3-7)5-10;7-6-4-2-1-3-5-6/h6-8H,2-4H2,1H3;1-5H,7H2. The monoisotopic (exact) mass is 269 g/mol. The maximum absolute atomic E-state index is 8.60. The minimum Gasteiger partial charge on any atom is -0.399 e. The van der Waals surface area contributed by atoms with Crippen LogP contribution in [0.4, 0.5) is 5.69 Å². The maximum atomic E-state index is 8.60. The molecule has 5 nitrogen and oxygen atoms in total. The molecule has 2 N–H and O–H groups in total. The van der Waals surface area contributed by atoms with E-state index in [-0.39, 0.29) is 0 Å². The third-order valence-electron chi connectivity index (χ3n) is 3.49. The molecule has 1 aromatic heterocycles. The zero-order chi connectivity index (χ0) is 14.4. The molecule has 0 atom stereocenters. The number of anilines is 1. The first-order valence-electron chi connectivity index (χ1n) is 6.72. The Morgan fingerprint density at radius 3 is 2.50 bits per heavy atom. The second-order valence-electron chi connectivity index (χ2n) is 5.14. The summed E-state index contributed by atoms with van der Waals surface area (Å²) in [4.78, 5) is 0. The molecular formula is C15H19N5. The fourth-order valence-corrected chi connectivity index (χ4v) is 2.21. The van der Waals surface area contributed by atoms with Crippen molar-refractivity contribution in [2.24, 2.45) is 18.9 Å². The molecule has 1 aliphatic carbocycles. The van der Waals surface area contributed by atoms with Gasteiger partial charge in [-0.15, -0.1) is 10.2 Å². The van der Waals surface area contributed by atoms with Gasteiger partial charge in [-0.3, -0.25) is 0 Å². The Bertz CT molecular complexity index is 563. The van der Waals surface area contributed by atoms with Gasteiger partial charge in [-0.25, -0.2) is 0 Å². The molecule has 0 unspecified atom stereocenters. The van der Waals surface area contributed by atoms with Crippen molar-refractivity contribution in [3.8, 4) is 6.07 Å². The summed E-state index contributed by atoms with van der Waals surface area (Å²) in [6.07, 6.45) is 4.75. The number of nitrogens with two attached hydrogens (primary N) is 1. The van der Waals surface area contributed by atoms with Crippen molar-refractivity contribution in [3.63, 3.8) is 0 Å². The Kier molecular flexibility index (Phi) is 4.72. The van der Waals surface area contributed by atoms with E-state index in [2.05, 4.69) is 16.3 Å². The lowest BCUT2D eigenvalue weighted by atomic mass is 9.74. The minimum absolute atomic E-state index is 0.290. The first kappa shape index (κ1) is 14.1. The highest BCUT2D eigenvalue weighted by molar-refractivity contribution is 5.35. The van der Waals surface area contributed by atoms with Crippen molar-refractivity contribution in [2.75, 3.05) is 5.73 Å². The molecule has 0 saturated heterocycles. The number of nitrogen functional groups attached to an aromatic ring is 1. The van der Waals surface area contributed by atoms with Crippen LogP contribution < -0.4 is 5.73 Å². The lowest BCUT2D eigenvalue weighted by molar-refractivity contribution is 0.240. The predicted molar refractivity (Wildman–Crippen MR) is 77.4 cm³/mol. The van der Waals surface area contributed by atoms with Crippen molar-refractivity contribution in [1.82, 2.24) is 14.8 Å². The van der Waals surface area contributed by atoms with Crippen LogP contribution in [0.25, 0.3) is 0 Å². The van der Waals surface area contributed by atoms with E-state index in [1.54, 1.807) is 6.33 Å². The highest BCUT2D eigenvalue weighted by Gasteiger charge is 2.29. The van der Waals surface area contributed by atoms with Crippen LogP contribution in [0.1, 0.15) is 18.7 Å². The summed E-state index contributed by atoms with van der Waals surface area (Å²) in [5.41, 5.74) is 6.18. The van der Waals surface area contributed by atoms with E-state index < -0.39 is 0 Å². The SMILES string of the molecule is Cn1cnnc1CC1CC(C#N)C1.Nc1ccccc1. The van der Waals surface area contributed by atoms with Crippen LogP contribution in [0.5, 0.6) is 0 Å². The van der Waals surface area contributed by atoms with E-state index in [0.29, 0.717) is 11.8 Å². The summed E-state index contributed by atoms with van der Waals surface area (Å²) in [5.74, 6) is 1.96. The molecule has 1 aliphatic rings. The molecule has 1 saturated carbocycles. The molecule has 5 heteroatoms. The number of nitriles is 1. The van der Waals surface area contributed by atoms with Crippen molar-refractivity contribution >= 4 is 5.69 Å². The van der Waals surface area contributed by atoms with Crippen LogP contribution in [0.3, 0.4) is 0 Å². The third kappa shape index (κ3) is 3.82. The van der Waals surface area contributed by atoms with E-state index >= 15 is 0 Å². The Hall–Kier alpha value is -2.35. The first-order valence-corrected chi connectivity index (χ1v) is 6.72. The smallest absolute Gasteiger partial charge is 0.132 e. The second-order valence-corrected chi connectivity index (χ2v) is 5.14. The average molecular weight is 269 g/mol. The van der Waals surface area contributed by atoms with E-state index in [1.807, 2.05) is 41.9 Å². The van der Waals surface area contributed by atoms with E-state index in [4.69, 9.17) is 11.0 Å². The number of aromatic nitrogens is 3. The number of hydrogen-bond donors (Lipinski definition) is 1. The van der Waals surface area contributed by atoms with Gasteiger partial charge in [-0.05, 0) is 30.9 Å². The van der Waals surface area contributed by atoms with Crippen LogP contribution in [0.15, 0.2) is 36.7 Å². The van der Waals surface area contributed by atoms with Crippen LogP contribution >= 0.6 is 0 Å². The summed E-state index contributed by atoms with van der Waals surface area (Å²) in [5, 5.41) is 16.4. The van der Waals surface area contributed by atoms with Crippen LogP contribution in [-0.4, -0.2) is 14.8 Å². The van der Waals surface area contributed by atoms with Crippen LogP contribution in [0, 0.1) is 23.2 Å². The van der Waals surface area contributed by atoms with E-state index in [0.717, 1.165) is 30.8 Å². The zero-order valence-electron chi connectivity index (χ0n) is 11.6. The Morgan fingerprint density at radius 2 is 2.05 bits per heavy atom. The molecule has 104 valence electrons. The summed E-state index contributed by atoms with van der Waals surface area (Å²) >= 11 is 0. The van der Waals surface area contributed by atoms with Gasteiger partial charge in [0.05, 0.1) is 6.07 Å². The van der Waals surface area contributed by atoms with Gasteiger partial charge >= 0.3 is 0 Å². The highest BCUT2D eigenvalue weighted by atomic mass is 15.2. The van der Waals surface area contributed by atoms with Gasteiger partial charge in [-0.2, -0.15) is 5.26 Å². The lowest BCUT2D eigenvalue weighted by Crippen LogP contribution is -2.25. The van der Waals surface area contributed by atoms with Gasteiger partial charge in [0.25, 0.3) is 0 Å². The maximum Gasteiger partial charge on any atom is 0.132 e. The molecule has 0 aliphatic heterocycles. The molecule has 3 rings (SSSR count). The topological polar surface area (TPSA) is 80.5 Å². The highest BCUT2D eigenvalue weighted by Crippen LogP contribution is 2.34. The van der Waals surface area contributed by atoms with Crippen molar-refractivity contribution in [1.29, 1.82) is 5.26 Å². The lowest BCUT2D eigenvalue weighted by Gasteiger charge is -2.29. The number of benzene rings is 1. The molecule has 20 heavy (non-hydrogen) atoms. The fourth-order valence-electron chi connectivity index (χ4n) is 2.21. The van der Waals surface area contributed by atoms with Gasteiger partial charge in [-0.1, -0.05) is 18.2 Å². The largest absolute Gasteiger partial charge is 0.399 e. The minimum atomic E-state index is 0.290. The predicted octanol–water partition coefficient (Wildman–Crippen LogP) is 2.18. The molecule has 0 bridgehead atoms. The molecule has 2 aromatic rings. The molecule has 0 amide bonds. The van der Waals surface area contributed by atoms with Crippen molar-refractivity contribution in [3.05, 3.63) is 42.5 Å². The van der Waals surface area contributed by atoms with Crippen LogP contribution in [-0.2, 0) is 13.5 Å². The molecule has 0 spiro atoms. The first-order chi connectivity index (χ1) is 9.69. The second kappa shape index (κ2) is 6.71. The van der Waals surface area contributed by atoms with Gasteiger partial charge in [0.15, 0.2) is 0 Å². The van der Waals surface area contributed by atoms with E-state index in [1.165, 1.54) is 0 Å². The van der Waals surface area contributed by atoms with Gasteiger partial charge < -0.3 is 10.3 Å². The third-order valence-corrected chi connectivity index (χ3v) is 3.49. The zero-order valence-corrected chi connectivity index (χ0v) is 11.6. The molecular weight excluding hydrogens is 250 g/mol. The number of para-hydroxylation sites is 1. The van der Waals surface area contributed by atoms with E-state index in [9.17, 15) is 0 Å². The Morgan fingerprint density at radius 1 is 1.35 bits per heavy atom. The number of aryl methyl sites for hydroxylation is 1. The summed E-state index contributed by atoms with van der Waals surface area (Å²) in [6, 6.07) is 11.8. The van der Waals surface area contributed by atoms with Crippen molar-refractivity contribution < 1.29 is 0 Å². The number of rotatable bonds is 2. The summed E-state index contributed by atoms with van der Waals surface area (Å²) in [6.45, 7) is 0. The normalized spacial score (nSPS) is 20.2. The Labute approximate surface area is 119 Å². The molecule has 1 aromatic carbocycles.